The third-order valence-corrected chi connectivity index (χ3v) is 7.73. The molecule has 0 atom stereocenters. The van der Waals surface area contributed by atoms with Gasteiger partial charge >= 0.3 is 0 Å². The number of sulfonamides is 1. The maximum atomic E-state index is 12.0. The van der Waals surface area contributed by atoms with Crippen molar-refractivity contribution in [2.24, 2.45) is 4.99 Å². The third-order valence-electron chi connectivity index (χ3n) is 3.62. The van der Waals surface area contributed by atoms with Crippen LogP contribution in [0.1, 0.15) is 27.7 Å². The molecule has 1 saturated heterocycles. The van der Waals surface area contributed by atoms with Gasteiger partial charge in [-0.05, 0) is 27.7 Å². The fourth-order valence-electron chi connectivity index (χ4n) is 2.37. The van der Waals surface area contributed by atoms with Crippen molar-refractivity contribution in [2.75, 3.05) is 38.2 Å². The van der Waals surface area contributed by atoms with Crippen LogP contribution in [0, 0.1) is 0 Å². The molecule has 0 saturated carbocycles. The maximum Gasteiger partial charge on any atom is 0.213 e. The molecule has 1 rings (SSSR count). The molecule has 0 spiro atoms. The number of sulfone groups is 1. The van der Waals surface area contributed by atoms with E-state index in [4.69, 9.17) is 0 Å². The number of nitrogens with one attached hydrogen (secondary N) is 2. The van der Waals surface area contributed by atoms with E-state index in [2.05, 4.69) is 15.0 Å². The van der Waals surface area contributed by atoms with Crippen LogP contribution in [0.15, 0.2) is 4.99 Å². The van der Waals surface area contributed by atoms with Crippen LogP contribution in [0.25, 0.3) is 0 Å². The molecule has 0 radical (unpaired) electrons. The van der Waals surface area contributed by atoms with E-state index in [-0.39, 0.29) is 24.1 Å². The normalized spacial score (nSPS) is 21.5. The van der Waals surface area contributed by atoms with Crippen molar-refractivity contribution in [3.8, 4) is 0 Å². The highest BCUT2D eigenvalue weighted by molar-refractivity contribution is 7.92. The zero-order chi connectivity index (χ0) is 17.9. The predicted molar refractivity (Wildman–Crippen MR) is 92.9 cm³/mol. The summed E-state index contributed by atoms with van der Waals surface area (Å²) < 4.78 is 49.3. The molecule has 0 aromatic heterocycles. The van der Waals surface area contributed by atoms with Crippen molar-refractivity contribution in [2.45, 2.75) is 38.5 Å². The van der Waals surface area contributed by atoms with Crippen LogP contribution >= 0.6 is 0 Å². The molecule has 136 valence electrons. The van der Waals surface area contributed by atoms with Crippen molar-refractivity contribution < 1.29 is 16.8 Å². The summed E-state index contributed by atoms with van der Waals surface area (Å²) in [5.74, 6) is 0.515. The molecule has 8 nitrogen and oxygen atoms in total. The van der Waals surface area contributed by atoms with Gasteiger partial charge in [0.1, 0.15) is 0 Å². The summed E-state index contributed by atoms with van der Waals surface area (Å²) in [6.07, 6.45) is 0. The van der Waals surface area contributed by atoms with E-state index in [1.807, 2.05) is 4.90 Å². The Labute approximate surface area is 139 Å². The van der Waals surface area contributed by atoms with E-state index in [0.717, 1.165) is 0 Å². The fraction of sp³-hybridized carbons (Fsp3) is 0.923. The summed E-state index contributed by atoms with van der Waals surface area (Å²) in [7, 11) is -4.87. The van der Waals surface area contributed by atoms with Crippen molar-refractivity contribution in [3.63, 3.8) is 0 Å². The number of guanidine groups is 1. The van der Waals surface area contributed by atoms with E-state index >= 15 is 0 Å². The Bertz CT molecular complexity index is 639. The third kappa shape index (κ3) is 5.61. The Balaban J connectivity index is 2.63. The minimum atomic E-state index is -3.34. The molecular formula is C13H28N4O4S2. The fourth-order valence-corrected chi connectivity index (χ4v) is 4.94. The van der Waals surface area contributed by atoms with E-state index in [0.29, 0.717) is 19.0 Å². The van der Waals surface area contributed by atoms with Gasteiger partial charge in [-0.1, -0.05) is 0 Å². The number of rotatable bonds is 5. The zero-order valence-electron chi connectivity index (χ0n) is 14.5. The molecule has 0 bridgehead atoms. The molecule has 10 heteroatoms. The summed E-state index contributed by atoms with van der Waals surface area (Å²) >= 11 is 0. The monoisotopic (exact) mass is 368 g/mol. The molecule has 1 fully saturated rings. The minimum Gasteiger partial charge on any atom is -0.355 e. The highest BCUT2D eigenvalue weighted by Crippen LogP contribution is 2.23. The molecule has 1 aliphatic heterocycles. The van der Waals surface area contributed by atoms with Gasteiger partial charge in [0.25, 0.3) is 0 Å². The van der Waals surface area contributed by atoms with Crippen LogP contribution in [-0.4, -0.2) is 76.7 Å². The van der Waals surface area contributed by atoms with Crippen molar-refractivity contribution in [1.29, 1.82) is 0 Å². The summed E-state index contributed by atoms with van der Waals surface area (Å²) in [4.78, 5) is 5.98. The molecule has 2 N–H and O–H groups in total. The lowest BCUT2D eigenvalue weighted by Crippen LogP contribution is -2.57. The van der Waals surface area contributed by atoms with E-state index in [9.17, 15) is 16.8 Å². The topological polar surface area (TPSA) is 108 Å². The Morgan fingerprint density at radius 2 is 1.96 bits per heavy atom. The van der Waals surface area contributed by atoms with E-state index < -0.39 is 24.6 Å². The highest BCUT2D eigenvalue weighted by Gasteiger charge is 2.40. The van der Waals surface area contributed by atoms with Gasteiger partial charge in [-0.25, -0.2) is 21.6 Å². The molecule has 23 heavy (non-hydrogen) atoms. The van der Waals surface area contributed by atoms with Crippen molar-refractivity contribution in [3.05, 3.63) is 0 Å². The Hall–Kier alpha value is -0.870. The van der Waals surface area contributed by atoms with Crippen LogP contribution in [-0.2, 0) is 19.9 Å². The van der Waals surface area contributed by atoms with Gasteiger partial charge in [0.2, 0.25) is 10.0 Å². The van der Waals surface area contributed by atoms with Gasteiger partial charge in [0.05, 0.1) is 16.3 Å². The molecule has 0 aromatic rings. The quantitative estimate of drug-likeness (QED) is 0.495. The standard InChI is InChI=1S/C13H28N4O4S2/c1-11(2)16-23(20,21)8-6-15-12(14-5)17-7-9-22(18,19)13(3,4)10-17/h11,16H,6-10H2,1-5H3,(H,14,15). The second kappa shape index (κ2) is 7.35. The molecule has 1 aliphatic rings. The lowest BCUT2D eigenvalue weighted by molar-refractivity contribution is 0.354. The van der Waals surface area contributed by atoms with Crippen LogP contribution in [0.2, 0.25) is 0 Å². The summed E-state index contributed by atoms with van der Waals surface area (Å²) in [5.41, 5.74) is 0. The zero-order valence-corrected chi connectivity index (χ0v) is 16.1. The second-order valence-corrected chi connectivity index (χ2v) is 11.2. The Morgan fingerprint density at radius 3 is 2.43 bits per heavy atom. The molecular weight excluding hydrogens is 340 g/mol. The first-order valence-corrected chi connectivity index (χ1v) is 10.9. The minimum absolute atomic E-state index is 0.0634. The average molecular weight is 369 g/mol. The lowest BCUT2D eigenvalue weighted by Gasteiger charge is -2.39. The van der Waals surface area contributed by atoms with E-state index in [1.54, 1.807) is 34.7 Å². The molecule has 0 unspecified atom stereocenters. The van der Waals surface area contributed by atoms with Crippen LogP contribution in [0.5, 0.6) is 0 Å². The van der Waals surface area contributed by atoms with Crippen molar-refractivity contribution in [1.82, 2.24) is 14.9 Å². The van der Waals surface area contributed by atoms with Crippen LogP contribution in [0.3, 0.4) is 0 Å². The first-order valence-electron chi connectivity index (χ1n) is 7.58. The van der Waals surface area contributed by atoms with Gasteiger partial charge < -0.3 is 10.2 Å². The van der Waals surface area contributed by atoms with Gasteiger partial charge in [-0.3, -0.25) is 4.99 Å². The summed E-state index contributed by atoms with van der Waals surface area (Å²) in [6.45, 7) is 7.80. The number of hydrogen-bond donors (Lipinski definition) is 2. The van der Waals surface area contributed by atoms with E-state index in [1.165, 1.54) is 0 Å². The van der Waals surface area contributed by atoms with Crippen LogP contribution < -0.4 is 10.0 Å². The number of aliphatic imine (C=N–C) groups is 1. The largest absolute Gasteiger partial charge is 0.355 e. The molecule has 0 aliphatic carbocycles. The maximum absolute atomic E-state index is 12.0. The van der Waals surface area contributed by atoms with Gasteiger partial charge in [0.15, 0.2) is 15.8 Å². The van der Waals surface area contributed by atoms with Crippen LogP contribution in [0.4, 0.5) is 0 Å². The average Bonchev–Trinajstić information content (AvgIpc) is 2.36. The summed E-state index contributed by atoms with van der Waals surface area (Å²) in [5, 5.41) is 3.00. The van der Waals surface area contributed by atoms with Gasteiger partial charge in [0, 0.05) is 32.7 Å². The molecule has 0 amide bonds. The van der Waals surface area contributed by atoms with Gasteiger partial charge in [-0.2, -0.15) is 0 Å². The highest BCUT2D eigenvalue weighted by atomic mass is 32.2. The Kier molecular flexibility index (Phi) is 6.45. The number of hydrogen-bond acceptors (Lipinski definition) is 5. The summed E-state index contributed by atoms with van der Waals surface area (Å²) in [6, 6.07) is -0.146. The van der Waals surface area contributed by atoms with Crippen molar-refractivity contribution >= 4 is 25.8 Å². The molecule has 0 aromatic carbocycles. The smallest absolute Gasteiger partial charge is 0.213 e. The second-order valence-electron chi connectivity index (χ2n) is 6.57. The lowest BCUT2D eigenvalue weighted by atomic mass is 10.2. The van der Waals surface area contributed by atoms with Gasteiger partial charge in [-0.15, -0.1) is 0 Å². The first kappa shape index (κ1) is 20.2. The number of nitrogens with zero attached hydrogens (tertiary/aromatic N) is 2. The Morgan fingerprint density at radius 1 is 1.35 bits per heavy atom. The predicted octanol–water partition coefficient (Wildman–Crippen LogP) is -0.601. The SMILES string of the molecule is CN=C(NCCS(=O)(=O)NC(C)C)N1CCS(=O)(=O)C(C)(C)C1. The molecule has 1 heterocycles. The first-order chi connectivity index (χ1) is 10.4.